The minimum absolute atomic E-state index is 0.0676. The van der Waals surface area contributed by atoms with Gasteiger partial charge in [-0.2, -0.15) is 0 Å². The number of aryl methyl sites for hydroxylation is 1. The lowest BCUT2D eigenvalue weighted by atomic mass is 10.0. The van der Waals surface area contributed by atoms with Crippen LogP contribution in [0.5, 0.6) is 5.75 Å². The van der Waals surface area contributed by atoms with Crippen LogP contribution in [0.1, 0.15) is 22.3 Å². The van der Waals surface area contributed by atoms with E-state index in [1.54, 1.807) is 50.6 Å². The second-order valence-electron chi connectivity index (χ2n) is 10.5. The first-order valence-corrected chi connectivity index (χ1v) is 14.2. The fourth-order valence-corrected chi connectivity index (χ4v) is 5.08. The van der Waals surface area contributed by atoms with Gasteiger partial charge in [-0.1, -0.05) is 66.7 Å². The van der Waals surface area contributed by atoms with E-state index >= 15 is 0 Å². The summed E-state index contributed by atoms with van der Waals surface area (Å²) in [5.41, 5.74) is 3.06. The highest BCUT2D eigenvalue weighted by atomic mass is 16.5. The third kappa shape index (κ3) is 7.07. The number of nitrogens with one attached hydrogen (secondary N) is 2. The Bertz CT molecular complexity index is 1860. The lowest BCUT2D eigenvalue weighted by Crippen LogP contribution is -2.46. The van der Waals surface area contributed by atoms with Crippen LogP contribution >= 0.6 is 0 Å². The maximum atomic E-state index is 13.7. The van der Waals surface area contributed by atoms with Gasteiger partial charge in [0.05, 0.1) is 20.1 Å². The highest BCUT2D eigenvalue weighted by Crippen LogP contribution is 2.20. The molecule has 44 heavy (non-hydrogen) atoms. The zero-order valence-corrected chi connectivity index (χ0v) is 24.4. The van der Waals surface area contributed by atoms with Crippen LogP contribution in [-0.4, -0.2) is 29.5 Å². The minimum atomic E-state index is -0.999. The fraction of sp³-hybridized carbons (Fsp3) is 0.171. The van der Waals surface area contributed by atoms with Crippen molar-refractivity contribution < 1.29 is 14.3 Å². The molecule has 0 saturated heterocycles. The van der Waals surface area contributed by atoms with E-state index in [0.717, 1.165) is 21.9 Å². The molecule has 0 radical (unpaired) electrons. The van der Waals surface area contributed by atoms with Crippen molar-refractivity contribution in [3.63, 3.8) is 0 Å². The van der Waals surface area contributed by atoms with Crippen LogP contribution in [0.3, 0.4) is 0 Å². The van der Waals surface area contributed by atoms with E-state index in [1.165, 1.54) is 4.57 Å². The lowest BCUT2D eigenvalue weighted by molar-refractivity contribution is -0.126. The highest BCUT2D eigenvalue weighted by molar-refractivity contribution is 5.98. The minimum Gasteiger partial charge on any atom is -0.497 e. The molecule has 2 N–H and O–H groups in total. The van der Waals surface area contributed by atoms with Gasteiger partial charge in [0.25, 0.3) is 5.56 Å². The van der Waals surface area contributed by atoms with Gasteiger partial charge in [-0.3, -0.25) is 14.4 Å². The number of carbonyl (C=O) groups excluding carboxylic acids is 2. The molecule has 9 nitrogen and oxygen atoms in total. The van der Waals surface area contributed by atoms with E-state index in [-0.39, 0.29) is 35.7 Å². The van der Waals surface area contributed by atoms with E-state index in [4.69, 9.17) is 4.74 Å². The Morgan fingerprint density at radius 3 is 2.32 bits per heavy atom. The number of fused-ring (bicyclic) bond motifs is 1. The highest BCUT2D eigenvalue weighted by Gasteiger charge is 2.24. The molecule has 0 aliphatic carbocycles. The molecule has 0 spiro atoms. The molecular formula is C35H32N4O5. The van der Waals surface area contributed by atoms with Gasteiger partial charge >= 0.3 is 0 Å². The first kappa shape index (κ1) is 29.9. The van der Waals surface area contributed by atoms with Crippen LogP contribution in [0.4, 0.5) is 11.4 Å². The van der Waals surface area contributed by atoms with Crippen LogP contribution in [0.2, 0.25) is 0 Å². The zero-order chi connectivity index (χ0) is 31.1. The van der Waals surface area contributed by atoms with Crippen molar-refractivity contribution in [1.29, 1.82) is 0 Å². The number of aromatic nitrogens is 1. The summed E-state index contributed by atoms with van der Waals surface area (Å²) < 4.78 is 6.73. The van der Waals surface area contributed by atoms with E-state index in [1.807, 2.05) is 66.7 Å². The van der Waals surface area contributed by atoms with Gasteiger partial charge in [0.15, 0.2) is 0 Å². The van der Waals surface area contributed by atoms with E-state index in [2.05, 4.69) is 15.8 Å². The Balaban J connectivity index is 1.38. The predicted octanol–water partition coefficient (Wildman–Crippen LogP) is 5.67. The van der Waals surface area contributed by atoms with Crippen LogP contribution in [0.15, 0.2) is 113 Å². The second-order valence-corrected chi connectivity index (χ2v) is 10.5. The Labute approximate surface area is 254 Å². The smallest absolute Gasteiger partial charge is 0.274 e. The van der Waals surface area contributed by atoms with Gasteiger partial charge in [-0.15, -0.1) is 4.91 Å². The van der Waals surface area contributed by atoms with Crippen LogP contribution in [0, 0.1) is 11.8 Å². The summed E-state index contributed by atoms with van der Waals surface area (Å²) in [6, 6.07) is 28.2. The number of pyridine rings is 1. The average molecular weight is 589 g/mol. The zero-order valence-electron chi connectivity index (χ0n) is 24.4. The number of methoxy groups -OCH3 is 1. The van der Waals surface area contributed by atoms with Crippen LogP contribution in [0.25, 0.3) is 10.8 Å². The maximum absolute atomic E-state index is 13.7. The summed E-state index contributed by atoms with van der Waals surface area (Å²) in [5, 5.41) is 10.6. The van der Waals surface area contributed by atoms with Gasteiger partial charge < -0.3 is 19.9 Å². The molecule has 222 valence electrons. The van der Waals surface area contributed by atoms with Crippen molar-refractivity contribution in [2.24, 2.45) is 5.18 Å². The van der Waals surface area contributed by atoms with E-state index in [0.29, 0.717) is 23.4 Å². The molecule has 0 aliphatic heterocycles. The molecule has 1 heterocycles. The van der Waals surface area contributed by atoms with E-state index < -0.39 is 11.9 Å². The molecule has 0 saturated carbocycles. The summed E-state index contributed by atoms with van der Waals surface area (Å²) in [6.07, 6.45) is 1.89. The largest absolute Gasteiger partial charge is 0.497 e. The summed E-state index contributed by atoms with van der Waals surface area (Å²) in [6.45, 7) is 2.04. The number of amides is 2. The normalized spacial score (nSPS) is 11.5. The number of hydrogen-bond donors (Lipinski definition) is 2. The van der Waals surface area contributed by atoms with Crippen molar-refractivity contribution in [3.05, 3.63) is 141 Å². The number of benzene rings is 4. The number of carbonyl (C=O) groups is 2. The lowest BCUT2D eigenvalue weighted by Gasteiger charge is -2.20. The Kier molecular flexibility index (Phi) is 9.25. The Morgan fingerprint density at radius 1 is 0.886 bits per heavy atom. The number of ether oxygens (including phenoxy) is 1. The van der Waals surface area contributed by atoms with Gasteiger partial charge in [-0.25, -0.2) is 0 Å². The monoisotopic (exact) mass is 588 g/mol. The van der Waals surface area contributed by atoms with Crippen molar-refractivity contribution in [2.45, 2.75) is 32.4 Å². The quantitative estimate of drug-likeness (QED) is 0.193. The third-order valence-electron chi connectivity index (χ3n) is 7.50. The summed E-state index contributed by atoms with van der Waals surface area (Å²) in [4.78, 5) is 51.4. The van der Waals surface area contributed by atoms with Crippen molar-refractivity contribution >= 4 is 34.0 Å². The van der Waals surface area contributed by atoms with Crippen LogP contribution in [-0.2, 0) is 29.0 Å². The number of nitrogens with zero attached hydrogens (tertiary/aromatic N) is 2. The SMILES string of the molecule is COc1ccc(Cn2ccc(C)c(NC(=O)C(Cc3ccc(N=O)cc3)NC(=O)Cc3cccc4ccccc34)c2=O)cc1. The maximum Gasteiger partial charge on any atom is 0.274 e. The molecule has 9 heteroatoms. The van der Waals surface area contributed by atoms with Gasteiger partial charge in [0, 0.05) is 12.6 Å². The molecular weight excluding hydrogens is 556 g/mol. The topological polar surface area (TPSA) is 119 Å². The molecule has 5 rings (SSSR count). The van der Waals surface area contributed by atoms with Crippen molar-refractivity contribution in [2.75, 3.05) is 12.4 Å². The summed E-state index contributed by atoms with van der Waals surface area (Å²) in [5.74, 6) is -0.158. The molecule has 0 bridgehead atoms. The summed E-state index contributed by atoms with van der Waals surface area (Å²) >= 11 is 0. The molecule has 0 fully saturated rings. The molecule has 1 atom stereocenters. The first-order chi connectivity index (χ1) is 21.3. The summed E-state index contributed by atoms with van der Waals surface area (Å²) in [7, 11) is 1.59. The molecule has 0 aliphatic rings. The average Bonchev–Trinajstić information content (AvgIpc) is 3.05. The predicted molar refractivity (Wildman–Crippen MR) is 171 cm³/mol. The molecule has 2 amide bonds. The number of anilines is 1. The standard InChI is InChI=1S/C35H32N4O5/c1-23-18-19-39(22-25-12-16-29(44-2)17-13-25)35(42)33(23)37-34(41)31(20-24-10-14-28(38-43)15-11-24)36-32(40)21-27-8-5-7-26-6-3-4-9-30(26)27/h3-19,31H,20-22H2,1-2H3,(H,36,40)(H,37,41). The van der Waals surface area contributed by atoms with Crippen molar-refractivity contribution in [3.8, 4) is 5.75 Å². The third-order valence-corrected chi connectivity index (χ3v) is 7.50. The van der Waals surface area contributed by atoms with Crippen molar-refractivity contribution in [1.82, 2.24) is 9.88 Å². The molecule has 4 aromatic carbocycles. The Morgan fingerprint density at radius 2 is 1.59 bits per heavy atom. The van der Waals surface area contributed by atoms with E-state index in [9.17, 15) is 19.3 Å². The number of hydrogen-bond acceptors (Lipinski definition) is 6. The van der Waals surface area contributed by atoms with Gasteiger partial charge in [-0.05, 0) is 75.5 Å². The Hall–Kier alpha value is -5.57. The van der Waals surface area contributed by atoms with Gasteiger partial charge in [0.2, 0.25) is 11.8 Å². The molecule has 1 aromatic heterocycles. The number of rotatable bonds is 11. The molecule has 5 aromatic rings. The van der Waals surface area contributed by atoms with Gasteiger partial charge in [0.1, 0.15) is 23.2 Å². The van der Waals surface area contributed by atoms with Crippen LogP contribution < -0.4 is 20.9 Å². The number of nitroso groups, excluding NO2 is 1. The second kappa shape index (κ2) is 13.6. The first-order valence-electron chi connectivity index (χ1n) is 14.2. The fourth-order valence-electron chi connectivity index (χ4n) is 5.08. The molecule has 1 unspecified atom stereocenters.